The number of rotatable bonds is 10. The van der Waals surface area contributed by atoms with E-state index in [-0.39, 0.29) is 12.6 Å². The number of unbranched alkanes of at least 4 members (excludes halogenated alkanes) is 1. The van der Waals surface area contributed by atoms with E-state index in [0.717, 1.165) is 18.4 Å². The van der Waals surface area contributed by atoms with E-state index in [2.05, 4.69) is 0 Å². The molecular formula is C19H32N2O4Si. The quantitative estimate of drug-likeness (QED) is 0.496. The molecule has 0 heterocycles. The van der Waals surface area contributed by atoms with Gasteiger partial charge in [0.25, 0.3) is 0 Å². The van der Waals surface area contributed by atoms with Crippen LogP contribution in [0.25, 0.3) is 0 Å². The number of benzene rings is 1. The normalized spacial score (nSPS) is 12.3. The zero-order valence-electron chi connectivity index (χ0n) is 16.4. The fraction of sp³-hybridized carbons (Fsp3) is 0.579. The van der Waals surface area contributed by atoms with Crippen molar-refractivity contribution in [3.8, 4) is 0 Å². The number of nitrogens with two attached hydrogens (primary N) is 1. The van der Waals surface area contributed by atoms with Crippen LogP contribution in [0.5, 0.6) is 0 Å². The van der Waals surface area contributed by atoms with Gasteiger partial charge in [0, 0.05) is 6.54 Å². The van der Waals surface area contributed by atoms with Crippen molar-refractivity contribution in [2.45, 2.75) is 58.5 Å². The van der Waals surface area contributed by atoms with Crippen LogP contribution in [-0.4, -0.2) is 44.4 Å². The number of ether oxygens (including phenoxy) is 1. The summed E-state index contributed by atoms with van der Waals surface area (Å²) in [6.45, 7) is 8.79. The number of likely N-dealkylation sites (N-methyl/N-ethyl adjacent to an activating group) is 1. The van der Waals surface area contributed by atoms with Crippen LogP contribution in [0.1, 0.15) is 31.7 Å². The minimum Gasteiger partial charge on any atom is -0.518 e. The molecule has 146 valence electrons. The number of carbonyl (C=O) groups is 2. The Labute approximate surface area is 157 Å². The average Bonchev–Trinajstić information content (AvgIpc) is 2.58. The van der Waals surface area contributed by atoms with Crippen molar-refractivity contribution >= 4 is 20.4 Å². The lowest BCUT2D eigenvalue weighted by Gasteiger charge is -2.31. The van der Waals surface area contributed by atoms with Crippen LogP contribution in [0.4, 0.5) is 4.79 Å². The maximum absolute atomic E-state index is 12.7. The Bertz CT molecular complexity index is 560. The maximum atomic E-state index is 12.7. The highest BCUT2D eigenvalue weighted by atomic mass is 28.4. The van der Waals surface area contributed by atoms with Crippen molar-refractivity contribution in [3.63, 3.8) is 0 Å². The molecule has 0 bridgehead atoms. The lowest BCUT2D eigenvalue weighted by Crippen LogP contribution is -2.48. The Hall–Kier alpha value is -1.86. The summed E-state index contributed by atoms with van der Waals surface area (Å²) in [7, 11) is -2.05. The zero-order valence-corrected chi connectivity index (χ0v) is 17.4. The van der Waals surface area contributed by atoms with Crippen molar-refractivity contribution in [2.75, 3.05) is 13.1 Å². The number of hydrogen-bond acceptors (Lipinski definition) is 5. The van der Waals surface area contributed by atoms with Crippen LogP contribution in [-0.2, 0) is 20.6 Å². The Morgan fingerprint density at radius 2 is 1.81 bits per heavy atom. The monoisotopic (exact) mass is 380 g/mol. The summed E-state index contributed by atoms with van der Waals surface area (Å²) in [5.74, 6) is -0.348. The van der Waals surface area contributed by atoms with Gasteiger partial charge in [0.05, 0.1) is 0 Å². The molecule has 0 aliphatic rings. The number of carbonyl (C=O) groups excluding carboxylic acids is 2. The smallest absolute Gasteiger partial charge is 0.410 e. The molecule has 6 nitrogen and oxygen atoms in total. The third-order valence-corrected chi connectivity index (χ3v) is 4.58. The fourth-order valence-electron chi connectivity index (χ4n) is 2.53. The van der Waals surface area contributed by atoms with Crippen molar-refractivity contribution in [2.24, 2.45) is 5.73 Å². The molecule has 0 aromatic heterocycles. The van der Waals surface area contributed by atoms with Crippen LogP contribution in [0.3, 0.4) is 0 Å². The second-order valence-electron chi connectivity index (χ2n) is 7.16. The summed E-state index contributed by atoms with van der Waals surface area (Å²) < 4.78 is 11.1. The number of nitrogens with zero attached hydrogens (tertiary/aromatic N) is 1. The topological polar surface area (TPSA) is 81.9 Å². The number of hydrogen-bond donors (Lipinski definition) is 1. The summed E-state index contributed by atoms with van der Waals surface area (Å²) in [4.78, 5) is 26.7. The van der Waals surface area contributed by atoms with E-state index in [4.69, 9.17) is 14.9 Å². The van der Waals surface area contributed by atoms with E-state index in [0.29, 0.717) is 19.5 Å². The first kappa shape index (κ1) is 22.2. The molecule has 1 amide bonds. The van der Waals surface area contributed by atoms with E-state index in [1.165, 1.54) is 4.90 Å². The van der Waals surface area contributed by atoms with Crippen LogP contribution < -0.4 is 5.73 Å². The molecule has 0 fully saturated rings. The van der Waals surface area contributed by atoms with Gasteiger partial charge in [-0.15, -0.1) is 0 Å². The van der Waals surface area contributed by atoms with Crippen molar-refractivity contribution in [1.29, 1.82) is 0 Å². The Morgan fingerprint density at radius 3 is 2.35 bits per heavy atom. The Balaban J connectivity index is 2.80. The average molecular weight is 381 g/mol. The highest BCUT2D eigenvalue weighted by molar-refractivity contribution is 6.71. The standard InChI is InChI=1S/C19H32N2O4Si/c1-5-21(19(23)24-15-16-11-7-6-8-12-16)17(13-9-10-14-20)18(22)25-26(2,3)4/h6-8,11-12,17H,5,9-10,13-15,20H2,1-4H3. The molecule has 0 spiro atoms. The van der Waals surface area contributed by atoms with E-state index in [9.17, 15) is 9.59 Å². The molecule has 0 saturated carbocycles. The van der Waals surface area contributed by atoms with Gasteiger partial charge in [0.2, 0.25) is 8.32 Å². The van der Waals surface area contributed by atoms with Crippen molar-refractivity contribution in [3.05, 3.63) is 35.9 Å². The maximum Gasteiger partial charge on any atom is 0.410 e. The van der Waals surface area contributed by atoms with Gasteiger partial charge < -0.3 is 14.9 Å². The van der Waals surface area contributed by atoms with Gasteiger partial charge in [-0.2, -0.15) is 0 Å². The van der Waals surface area contributed by atoms with Gasteiger partial charge in [0.15, 0.2) is 0 Å². The molecule has 1 rings (SSSR count). The van der Waals surface area contributed by atoms with Crippen LogP contribution >= 0.6 is 0 Å². The van der Waals surface area contributed by atoms with E-state index in [1.54, 1.807) is 0 Å². The van der Waals surface area contributed by atoms with E-state index in [1.807, 2.05) is 56.9 Å². The van der Waals surface area contributed by atoms with Crippen LogP contribution in [0.2, 0.25) is 19.6 Å². The van der Waals surface area contributed by atoms with E-state index < -0.39 is 20.5 Å². The molecule has 0 radical (unpaired) electrons. The summed E-state index contributed by atoms with van der Waals surface area (Å²) >= 11 is 0. The summed E-state index contributed by atoms with van der Waals surface area (Å²) in [5.41, 5.74) is 6.46. The van der Waals surface area contributed by atoms with Gasteiger partial charge in [0.1, 0.15) is 12.6 Å². The second kappa shape index (κ2) is 11.0. The third kappa shape index (κ3) is 8.01. The number of amides is 1. The van der Waals surface area contributed by atoms with Gasteiger partial charge in [-0.25, -0.2) is 4.79 Å². The molecule has 7 heteroatoms. The summed E-state index contributed by atoms with van der Waals surface area (Å²) in [6.07, 6.45) is 1.58. The largest absolute Gasteiger partial charge is 0.518 e. The molecule has 1 atom stereocenters. The molecule has 0 aliphatic carbocycles. The van der Waals surface area contributed by atoms with Gasteiger partial charge in [-0.1, -0.05) is 30.3 Å². The first-order valence-corrected chi connectivity index (χ1v) is 12.6. The van der Waals surface area contributed by atoms with Crippen molar-refractivity contribution in [1.82, 2.24) is 4.90 Å². The molecule has 2 N–H and O–H groups in total. The Morgan fingerprint density at radius 1 is 1.15 bits per heavy atom. The summed E-state index contributed by atoms with van der Waals surface area (Å²) in [5, 5.41) is 0. The third-order valence-electron chi connectivity index (χ3n) is 3.77. The van der Waals surface area contributed by atoms with Crippen molar-refractivity contribution < 1.29 is 18.8 Å². The predicted octanol–water partition coefficient (Wildman–Crippen LogP) is 3.52. The van der Waals surface area contributed by atoms with E-state index >= 15 is 0 Å². The van der Waals surface area contributed by atoms with Gasteiger partial charge in [-0.05, 0) is 57.9 Å². The fourth-order valence-corrected chi connectivity index (χ4v) is 3.27. The first-order valence-electron chi connectivity index (χ1n) is 9.18. The highest BCUT2D eigenvalue weighted by Crippen LogP contribution is 2.16. The van der Waals surface area contributed by atoms with Gasteiger partial charge in [-0.3, -0.25) is 9.69 Å². The molecule has 1 unspecified atom stereocenters. The van der Waals surface area contributed by atoms with Gasteiger partial charge >= 0.3 is 12.1 Å². The minimum atomic E-state index is -2.05. The highest BCUT2D eigenvalue weighted by Gasteiger charge is 2.33. The minimum absolute atomic E-state index is 0.175. The zero-order chi connectivity index (χ0) is 19.6. The molecule has 0 saturated heterocycles. The lowest BCUT2D eigenvalue weighted by molar-refractivity contribution is -0.141. The SMILES string of the molecule is CCN(C(=O)OCc1ccccc1)C(CCCCN)C(=O)O[Si](C)(C)C. The molecule has 1 aromatic carbocycles. The molecule has 1 aromatic rings. The Kier molecular flexibility index (Phi) is 9.36. The van der Waals surface area contributed by atoms with Crippen LogP contribution in [0.15, 0.2) is 30.3 Å². The lowest BCUT2D eigenvalue weighted by atomic mass is 10.1. The summed E-state index contributed by atoms with van der Waals surface area (Å²) in [6, 6.07) is 8.83. The predicted molar refractivity (Wildman–Crippen MR) is 105 cm³/mol. The molecule has 0 aliphatic heterocycles. The second-order valence-corrected chi connectivity index (χ2v) is 11.6. The first-order chi connectivity index (χ1) is 12.3. The van der Waals surface area contributed by atoms with Crippen LogP contribution in [0, 0.1) is 0 Å². The molecule has 26 heavy (non-hydrogen) atoms. The molecular weight excluding hydrogens is 348 g/mol.